The molecule has 0 aromatic carbocycles. The Kier molecular flexibility index (Phi) is 0.941. The highest BCUT2D eigenvalue weighted by atomic mass is 32.1. The molecule has 0 fully saturated rings. The van der Waals surface area contributed by atoms with E-state index in [4.69, 9.17) is 5.73 Å². The number of nitrogens with two attached hydrogens (primary N) is 1. The van der Waals surface area contributed by atoms with Gasteiger partial charge in [-0.3, -0.25) is 0 Å². The van der Waals surface area contributed by atoms with Crippen LogP contribution in [0.25, 0.3) is 0 Å². The maximum atomic E-state index is 5.22. The van der Waals surface area contributed by atoms with Crippen molar-refractivity contribution in [2.75, 3.05) is 5.73 Å². The minimum Gasteiger partial charge on any atom is -0.374 e. The molecule has 0 amide bonds. The summed E-state index contributed by atoms with van der Waals surface area (Å²) in [5.41, 5.74) is 5.22. The van der Waals surface area contributed by atoms with Gasteiger partial charge < -0.3 is 5.73 Å². The van der Waals surface area contributed by atoms with E-state index in [1.54, 1.807) is 0 Å². The largest absolute Gasteiger partial charge is 0.374 e. The number of nitrogen functional groups attached to an aromatic ring is 1. The molecule has 0 aliphatic rings. The highest BCUT2D eigenvalue weighted by molar-refractivity contribution is 7.09. The van der Waals surface area contributed by atoms with Gasteiger partial charge in [0, 0.05) is 11.5 Å². The first kappa shape index (κ1) is 4.52. The SMILES string of the molecule is Cc1nsc(N)n1. The van der Waals surface area contributed by atoms with Crippen LogP contribution in [0.4, 0.5) is 5.13 Å². The number of aromatic nitrogens is 2. The molecule has 0 atom stereocenters. The molecule has 0 spiro atoms. The molecule has 38 valence electrons. The van der Waals surface area contributed by atoms with E-state index in [9.17, 15) is 0 Å². The van der Waals surface area contributed by atoms with E-state index in [0.29, 0.717) is 5.13 Å². The summed E-state index contributed by atoms with van der Waals surface area (Å²) in [4.78, 5) is 3.80. The lowest BCUT2D eigenvalue weighted by Gasteiger charge is -1.68. The summed E-state index contributed by atoms with van der Waals surface area (Å²) >= 11 is 1.22. The van der Waals surface area contributed by atoms with Crippen LogP contribution in [0.2, 0.25) is 0 Å². The van der Waals surface area contributed by atoms with Crippen LogP contribution in [0.5, 0.6) is 0 Å². The summed E-state index contributed by atoms with van der Waals surface area (Å²) in [6.45, 7) is 1.81. The monoisotopic (exact) mass is 115 g/mol. The molecule has 4 heteroatoms. The zero-order chi connectivity index (χ0) is 5.28. The molecule has 0 aliphatic heterocycles. The van der Waals surface area contributed by atoms with Crippen molar-refractivity contribution in [3.63, 3.8) is 0 Å². The molecule has 0 saturated carbocycles. The van der Waals surface area contributed by atoms with Crippen LogP contribution >= 0.6 is 11.5 Å². The third kappa shape index (κ3) is 0.866. The summed E-state index contributed by atoms with van der Waals surface area (Å²) in [6.07, 6.45) is 0. The van der Waals surface area contributed by atoms with Crippen molar-refractivity contribution in [3.8, 4) is 0 Å². The average molecular weight is 115 g/mol. The molecule has 3 nitrogen and oxygen atoms in total. The lowest BCUT2D eigenvalue weighted by Crippen LogP contribution is -1.80. The molecule has 1 aromatic rings. The van der Waals surface area contributed by atoms with Gasteiger partial charge >= 0.3 is 0 Å². The van der Waals surface area contributed by atoms with Crippen LogP contribution < -0.4 is 5.73 Å². The Labute approximate surface area is 45.4 Å². The number of hydrogen-bond acceptors (Lipinski definition) is 4. The van der Waals surface area contributed by atoms with Gasteiger partial charge in [-0.2, -0.15) is 4.37 Å². The van der Waals surface area contributed by atoms with E-state index in [2.05, 4.69) is 9.36 Å². The molecule has 2 N–H and O–H groups in total. The zero-order valence-corrected chi connectivity index (χ0v) is 4.70. The van der Waals surface area contributed by atoms with Gasteiger partial charge in [-0.15, -0.1) is 0 Å². The normalized spacial score (nSPS) is 9.29. The summed E-state index contributed by atoms with van der Waals surface area (Å²) in [5, 5.41) is 0.539. The van der Waals surface area contributed by atoms with Crippen molar-refractivity contribution in [1.29, 1.82) is 0 Å². The fourth-order valence-corrected chi connectivity index (χ4v) is 0.753. The maximum absolute atomic E-state index is 5.22. The second-order valence-electron chi connectivity index (χ2n) is 1.18. The second-order valence-corrected chi connectivity index (χ2v) is 1.96. The number of anilines is 1. The molecule has 0 unspecified atom stereocenters. The van der Waals surface area contributed by atoms with Crippen LogP contribution in [-0.2, 0) is 0 Å². The van der Waals surface area contributed by atoms with E-state index in [1.165, 1.54) is 11.5 Å². The first-order valence-electron chi connectivity index (χ1n) is 1.85. The standard InChI is InChI=1S/C3H5N3S/c1-2-5-3(4)7-6-2/h1H3,(H2,4,5,6). The predicted octanol–water partition coefficient (Wildman–Crippen LogP) is 0.429. The van der Waals surface area contributed by atoms with Crippen LogP contribution in [0.15, 0.2) is 0 Å². The van der Waals surface area contributed by atoms with E-state index in [0.717, 1.165) is 5.82 Å². The molecule has 0 saturated heterocycles. The number of aryl methyl sites for hydroxylation is 1. The summed E-state index contributed by atoms with van der Waals surface area (Å²) < 4.78 is 3.82. The minimum absolute atomic E-state index is 0.539. The molecule has 0 aliphatic carbocycles. The number of rotatable bonds is 0. The van der Waals surface area contributed by atoms with Gasteiger partial charge in [0.15, 0.2) is 5.13 Å². The Morgan fingerprint density at radius 1 is 1.71 bits per heavy atom. The molecule has 0 bridgehead atoms. The third-order valence-corrected chi connectivity index (χ3v) is 1.18. The molecular formula is C3H5N3S. The van der Waals surface area contributed by atoms with Crippen molar-refractivity contribution < 1.29 is 0 Å². The van der Waals surface area contributed by atoms with Gasteiger partial charge in [0.05, 0.1) is 0 Å². The van der Waals surface area contributed by atoms with Gasteiger partial charge in [-0.25, -0.2) is 4.98 Å². The molecule has 1 rings (SSSR count). The fraction of sp³-hybridized carbons (Fsp3) is 0.333. The van der Waals surface area contributed by atoms with Crippen molar-refractivity contribution in [3.05, 3.63) is 5.82 Å². The van der Waals surface area contributed by atoms with Gasteiger partial charge in [0.2, 0.25) is 0 Å². The Morgan fingerprint density at radius 2 is 2.43 bits per heavy atom. The Bertz CT molecular complexity index is 142. The molecule has 0 radical (unpaired) electrons. The minimum atomic E-state index is 0.539. The number of nitrogens with zero attached hydrogens (tertiary/aromatic N) is 2. The molecular weight excluding hydrogens is 110 g/mol. The Morgan fingerprint density at radius 3 is 2.57 bits per heavy atom. The van der Waals surface area contributed by atoms with Crippen LogP contribution in [0.3, 0.4) is 0 Å². The molecule has 1 heterocycles. The van der Waals surface area contributed by atoms with Gasteiger partial charge in [-0.05, 0) is 6.92 Å². The van der Waals surface area contributed by atoms with Gasteiger partial charge in [0.1, 0.15) is 5.82 Å². The smallest absolute Gasteiger partial charge is 0.199 e. The topological polar surface area (TPSA) is 51.8 Å². The van der Waals surface area contributed by atoms with E-state index >= 15 is 0 Å². The summed E-state index contributed by atoms with van der Waals surface area (Å²) in [6, 6.07) is 0. The Hall–Kier alpha value is -0.640. The molecule has 1 aromatic heterocycles. The van der Waals surface area contributed by atoms with Crippen molar-refractivity contribution in [1.82, 2.24) is 9.36 Å². The van der Waals surface area contributed by atoms with Gasteiger partial charge in [-0.1, -0.05) is 0 Å². The quantitative estimate of drug-likeness (QED) is 0.533. The van der Waals surface area contributed by atoms with E-state index in [1.807, 2.05) is 6.92 Å². The van der Waals surface area contributed by atoms with Crippen molar-refractivity contribution in [2.24, 2.45) is 0 Å². The van der Waals surface area contributed by atoms with Crippen molar-refractivity contribution in [2.45, 2.75) is 6.92 Å². The van der Waals surface area contributed by atoms with E-state index in [-0.39, 0.29) is 0 Å². The van der Waals surface area contributed by atoms with Crippen LogP contribution in [-0.4, -0.2) is 9.36 Å². The molecule has 7 heavy (non-hydrogen) atoms. The third-order valence-electron chi connectivity index (χ3n) is 0.543. The Balaban J connectivity index is 3.04. The lowest BCUT2D eigenvalue weighted by atomic mass is 10.8. The lowest BCUT2D eigenvalue weighted by molar-refractivity contribution is 1.17. The zero-order valence-electron chi connectivity index (χ0n) is 3.88. The summed E-state index contributed by atoms with van der Waals surface area (Å²) in [5.74, 6) is 0.752. The van der Waals surface area contributed by atoms with Crippen LogP contribution in [0.1, 0.15) is 5.82 Å². The highest BCUT2D eigenvalue weighted by Crippen LogP contribution is 2.02. The predicted molar refractivity (Wildman–Crippen MR) is 29.1 cm³/mol. The number of hydrogen-bond donors (Lipinski definition) is 1. The first-order chi connectivity index (χ1) is 3.29. The van der Waals surface area contributed by atoms with E-state index < -0.39 is 0 Å². The fourth-order valence-electron chi connectivity index (χ4n) is 0.313. The first-order valence-corrected chi connectivity index (χ1v) is 2.62. The summed E-state index contributed by atoms with van der Waals surface area (Å²) in [7, 11) is 0. The van der Waals surface area contributed by atoms with Crippen LogP contribution in [0, 0.1) is 6.92 Å². The second kappa shape index (κ2) is 1.46. The average Bonchev–Trinajstić information content (AvgIpc) is 1.87. The van der Waals surface area contributed by atoms with Gasteiger partial charge in [0.25, 0.3) is 0 Å². The van der Waals surface area contributed by atoms with Crippen molar-refractivity contribution >= 4 is 16.7 Å². The highest BCUT2D eigenvalue weighted by Gasteiger charge is 1.88. The maximum Gasteiger partial charge on any atom is 0.199 e.